The van der Waals surface area contributed by atoms with E-state index in [-0.39, 0.29) is 6.04 Å². The molecule has 0 amide bonds. The number of hydrogen-bond acceptors (Lipinski definition) is 3. The largest absolute Gasteiger partial charge is 0.491 e. The maximum absolute atomic E-state index is 5.55. The Morgan fingerprint density at radius 2 is 1.62 bits per heavy atom. The van der Waals surface area contributed by atoms with Gasteiger partial charge in [-0.25, -0.2) is 0 Å². The van der Waals surface area contributed by atoms with Gasteiger partial charge in [0.1, 0.15) is 12.4 Å². The highest BCUT2D eigenvalue weighted by atomic mass is 16.5. The lowest BCUT2D eigenvalue weighted by Crippen LogP contribution is -2.07. The molecule has 2 aromatic carbocycles. The van der Waals surface area contributed by atoms with E-state index in [0.717, 1.165) is 11.4 Å². The van der Waals surface area contributed by atoms with Crippen molar-refractivity contribution >= 4 is 5.69 Å². The molecule has 112 valence electrons. The van der Waals surface area contributed by atoms with Gasteiger partial charge in [0.05, 0.1) is 6.61 Å². The second-order valence-electron chi connectivity index (χ2n) is 5.14. The molecule has 21 heavy (non-hydrogen) atoms. The van der Waals surface area contributed by atoms with Crippen LogP contribution in [0, 0.1) is 6.92 Å². The first kappa shape index (κ1) is 15.4. The van der Waals surface area contributed by atoms with Gasteiger partial charge in [-0.3, -0.25) is 0 Å². The van der Waals surface area contributed by atoms with Crippen molar-refractivity contribution in [2.45, 2.75) is 19.9 Å². The first-order valence-electron chi connectivity index (χ1n) is 7.24. The number of methoxy groups -OCH3 is 1. The first-order valence-corrected chi connectivity index (χ1v) is 7.24. The van der Waals surface area contributed by atoms with Crippen LogP contribution in [0.1, 0.15) is 24.1 Å². The molecule has 0 aliphatic heterocycles. The molecular formula is C18H23NO2. The van der Waals surface area contributed by atoms with Crippen LogP contribution in [-0.4, -0.2) is 20.3 Å². The minimum absolute atomic E-state index is 0.269. The fourth-order valence-electron chi connectivity index (χ4n) is 2.08. The molecule has 3 heteroatoms. The lowest BCUT2D eigenvalue weighted by molar-refractivity contribution is 0.146. The molecule has 0 heterocycles. The molecule has 0 aliphatic carbocycles. The summed E-state index contributed by atoms with van der Waals surface area (Å²) in [6.45, 7) is 5.44. The molecule has 0 spiro atoms. The molecule has 0 aliphatic rings. The van der Waals surface area contributed by atoms with Crippen molar-refractivity contribution in [2.24, 2.45) is 0 Å². The Hall–Kier alpha value is -2.00. The third-order valence-corrected chi connectivity index (χ3v) is 3.37. The summed E-state index contributed by atoms with van der Waals surface area (Å²) in [6.07, 6.45) is 0. The van der Waals surface area contributed by atoms with E-state index < -0.39 is 0 Å². The van der Waals surface area contributed by atoms with Crippen molar-refractivity contribution < 1.29 is 9.47 Å². The van der Waals surface area contributed by atoms with Crippen LogP contribution < -0.4 is 10.1 Å². The molecule has 0 aromatic heterocycles. The van der Waals surface area contributed by atoms with Gasteiger partial charge in [0.25, 0.3) is 0 Å². The van der Waals surface area contributed by atoms with Crippen molar-refractivity contribution in [2.75, 3.05) is 25.6 Å². The maximum Gasteiger partial charge on any atom is 0.119 e. The Morgan fingerprint density at radius 1 is 0.952 bits per heavy atom. The van der Waals surface area contributed by atoms with Crippen LogP contribution >= 0.6 is 0 Å². The topological polar surface area (TPSA) is 30.5 Å². The third kappa shape index (κ3) is 4.80. The average Bonchev–Trinajstić information content (AvgIpc) is 2.50. The second kappa shape index (κ2) is 7.70. The summed E-state index contributed by atoms with van der Waals surface area (Å²) in [6, 6.07) is 16.9. The summed E-state index contributed by atoms with van der Waals surface area (Å²) in [5.74, 6) is 0.862. The summed E-state index contributed by atoms with van der Waals surface area (Å²) in [7, 11) is 1.67. The van der Waals surface area contributed by atoms with E-state index in [0.29, 0.717) is 13.2 Å². The van der Waals surface area contributed by atoms with E-state index in [9.17, 15) is 0 Å². The number of benzene rings is 2. The molecule has 0 radical (unpaired) electrons. The number of nitrogens with one attached hydrogen (secondary N) is 1. The fraction of sp³-hybridized carbons (Fsp3) is 0.333. The molecule has 1 N–H and O–H groups in total. The Labute approximate surface area is 126 Å². The lowest BCUT2D eigenvalue weighted by Gasteiger charge is -2.16. The molecular weight excluding hydrogens is 262 g/mol. The van der Waals surface area contributed by atoms with Crippen molar-refractivity contribution in [1.29, 1.82) is 0 Å². The SMILES string of the molecule is COCCOc1ccc(NC(C)c2ccc(C)cc2)cc1. The predicted molar refractivity (Wildman–Crippen MR) is 87.0 cm³/mol. The molecule has 2 aromatic rings. The highest BCUT2D eigenvalue weighted by molar-refractivity contribution is 5.48. The van der Waals surface area contributed by atoms with Crippen molar-refractivity contribution in [3.63, 3.8) is 0 Å². The normalized spacial score (nSPS) is 12.0. The van der Waals surface area contributed by atoms with Crippen molar-refractivity contribution in [3.8, 4) is 5.75 Å². The van der Waals surface area contributed by atoms with Gasteiger partial charge in [0, 0.05) is 18.8 Å². The van der Waals surface area contributed by atoms with Gasteiger partial charge >= 0.3 is 0 Å². The van der Waals surface area contributed by atoms with Crippen LogP contribution in [0.25, 0.3) is 0 Å². The smallest absolute Gasteiger partial charge is 0.119 e. The van der Waals surface area contributed by atoms with Crippen LogP contribution in [0.15, 0.2) is 48.5 Å². The van der Waals surface area contributed by atoms with Crippen LogP contribution in [0.5, 0.6) is 5.75 Å². The first-order chi connectivity index (χ1) is 10.2. The van der Waals surface area contributed by atoms with Crippen LogP contribution in [0.2, 0.25) is 0 Å². The summed E-state index contributed by atoms with van der Waals surface area (Å²) >= 11 is 0. The van der Waals surface area contributed by atoms with Gasteiger partial charge in [-0.1, -0.05) is 29.8 Å². The standard InChI is InChI=1S/C18H23NO2/c1-14-4-6-16(7-5-14)15(2)19-17-8-10-18(11-9-17)21-13-12-20-3/h4-11,15,19H,12-13H2,1-3H3. The third-order valence-electron chi connectivity index (χ3n) is 3.37. The Morgan fingerprint density at radius 3 is 2.24 bits per heavy atom. The number of hydrogen-bond donors (Lipinski definition) is 1. The van der Waals surface area contributed by atoms with Crippen molar-refractivity contribution in [1.82, 2.24) is 0 Å². The minimum Gasteiger partial charge on any atom is -0.491 e. The molecule has 1 unspecified atom stereocenters. The van der Waals surface area contributed by atoms with Gasteiger partial charge in [-0.05, 0) is 43.7 Å². The van der Waals surface area contributed by atoms with Crippen LogP contribution in [0.3, 0.4) is 0 Å². The minimum atomic E-state index is 0.269. The van der Waals surface area contributed by atoms with Gasteiger partial charge in [0.2, 0.25) is 0 Å². The Bertz CT molecular complexity index is 534. The van der Waals surface area contributed by atoms with E-state index in [1.165, 1.54) is 11.1 Å². The zero-order valence-corrected chi connectivity index (χ0v) is 12.9. The Kier molecular flexibility index (Phi) is 5.64. The number of aryl methyl sites for hydroxylation is 1. The average molecular weight is 285 g/mol. The lowest BCUT2D eigenvalue weighted by atomic mass is 10.1. The molecule has 2 rings (SSSR count). The molecule has 3 nitrogen and oxygen atoms in total. The van der Waals surface area contributed by atoms with Crippen LogP contribution in [0.4, 0.5) is 5.69 Å². The number of anilines is 1. The van der Waals surface area contributed by atoms with Gasteiger partial charge in [-0.2, -0.15) is 0 Å². The van der Waals surface area contributed by atoms with Crippen LogP contribution in [-0.2, 0) is 4.74 Å². The van der Waals surface area contributed by atoms with E-state index in [1.807, 2.05) is 24.3 Å². The number of rotatable bonds is 7. The fourth-order valence-corrected chi connectivity index (χ4v) is 2.08. The zero-order chi connectivity index (χ0) is 15.1. The Balaban J connectivity index is 1.91. The second-order valence-corrected chi connectivity index (χ2v) is 5.14. The van der Waals surface area contributed by atoms with E-state index in [4.69, 9.17) is 9.47 Å². The monoisotopic (exact) mass is 285 g/mol. The molecule has 1 atom stereocenters. The van der Waals surface area contributed by atoms with Gasteiger partial charge < -0.3 is 14.8 Å². The molecule has 0 saturated heterocycles. The van der Waals surface area contributed by atoms with E-state index in [2.05, 4.69) is 43.4 Å². The summed E-state index contributed by atoms with van der Waals surface area (Å²) < 4.78 is 10.5. The summed E-state index contributed by atoms with van der Waals surface area (Å²) in [5.41, 5.74) is 3.65. The molecule has 0 bridgehead atoms. The summed E-state index contributed by atoms with van der Waals surface area (Å²) in [5, 5.41) is 3.49. The van der Waals surface area contributed by atoms with Gasteiger partial charge in [0.15, 0.2) is 0 Å². The number of ether oxygens (including phenoxy) is 2. The highest BCUT2D eigenvalue weighted by Crippen LogP contribution is 2.21. The zero-order valence-electron chi connectivity index (χ0n) is 12.9. The highest BCUT2D eigenvalue weighted by Gasteiger charge is 2.05. The van der Waals surface area contributed by atoms with E-state index >= 15 is 0 Å². The predicted octanol–water partition coefficient (Wildman–Crippen LogP) is 4.19. The molecule has 0 fully saturated rings. The molecule has 0 saturated carbocycles. The summed E-state index contributed by atoms with van der Waals surface area (Å²) in [4.78, 5) is 0. The van der Waals surface area contributed by atoms with E-state index in [1.54, 1.807) is 7.11 Å². The quantitative estimate of drug-likeness (QED) is 0.774. The van der Waals surface area contributed by atoms with Crippen molar-refractivity contribution in [3.05, 3.63) is 59.7 Å². The maximum atomic E-state index is 5.55. The van der Waals surface area contributed by atoms with Gasteiger partial charge in [-0.15, -0.1) is 0 Å².